The molecule has 0 aliphatic rings. The number of methoxy groups -OCH3 is 1. The predicted molar refractivity (Wildman–Crippen MR) is 41.6 cm³/mol. The summed E-state index contributed by atoms with van der Waals surface area (Å²) >= 11 is 0. The van der Waals surface area contributed by atoms with Crippen molar-refractivity contribution in [3.05, 3.63) is 0 Å². The van der Waals surface area contributed by atoms with E-state index in [0.717, 1.165) is 6.42 Å². The number of nitrogens with zero attached hydrogens (tertiary/aromatic N) is 1. The van der Waals surface area contributed by atoms with Crippen LogP contribution in [0.4, 0.5) is 0 Å². The minimum absolute atomic E-state index is 0.341. The van der Waals surface area contributed by atoms with Crippen molar-refractivity contribution in [2.24, 2.45) is 0 Å². The highest BCUT2D eigenvalue weighted by Gasteiger charge is 2.01. The molecule has 11 heavy (non-hydrogen) atoms. The SMILES string of the molecule is CCCON(COC)OCC. The Kier molecular flexibility index (Phi) is 7.83. The Morgan fingerprint density at radius 1 is 1.18 bits per heavy atom. The summed E-state index contributed by atoms with van der Waals surface area (Å²) in [4.78, 5) is 10.2. The molecule has 4 nitrogen and oxygen atoms in total. The van der Waals surface area contributed by atoms with Crippen LogP contribution in [0.25, 0.3) is 0 Å². The maximum Gasteiger partial charge on any atom is 0.149 e. The molecular formula is C7H17NO3. The lowest BCUT2D eigenvalue weighted by atomic mass is 10.5. The zero-order chi connectivity index (χ0) is 8.53. The van der Waals surface area contributed by atoms with Gasteiger partial charge in [-0.2, -0.15) is 0 Å². The van der Waals surface area contributed by atoms with Crippen LogP contribution >= 0.6 is 0 Å². The number of hydrogen-bond acceptors (Lipinski definition) is 4. The van der Waals surface area contributed by atoms with Gasteiger partial charge in [0, 0.05) is 7.11 Å². The first-order chi connectivity index (χ1) is 5.35. The van der Waals surface area contributed by atoms with Crippen molar-refractivity contribution in [3.63, 3.8) is 0 Å². The fraction of sp³-hybridized carbons (Fsp3) is 1.00. The summed E-state index contributed by atoms with van der Waals surface area (Å²) in [6, 6.07) is 0. The van der Waals surface area contributed by atoms with Crippen LogP contribution in [-0.2, 0) is 14.4 Å². The second-order valence-electron chi connectivity index (χ2n) is 2.00. The highest BCUT2D eigenvalue weighted by atomic mass is 17.0. The number of rotatable bonds is 7. The molecule has 0 unspecified atom stereocenters. The largest absolute Gasteiger partial charge is 0.364 e. The molecule has 0 fully saturated rings. The Morgan fingerprint density at radius 3 is 2.36 bits per heavy atom. The van der Waals surface area contributed by atoms with Crippen molar-refractivity contribution in [2.75, 3.05) is 27.1 Å². The third-order valence-electron chi connectivity index (χ3n) is 0.947. The van der Waals surface area contributed by atoms with Gasteiger partial charge in [-0.25, -0.2) is 0 Å². The first-order valence-corrected chi connectivity index (χ1v) is 3.87. The van der Waals surface area contributed by atoms with Gasteiger partial charge in [0.25, 0.3) is 0 Å². The normalized spacial score (nSPS) is 10.9. The van der Waals surface area contributed by atoms with E-state index in [0.29, 0.717) is 19.9 Å². The quantitative estimate of drug-likeness (QED) is 0.416. The lowest BCUT2D eigenvalue weighted by Crippen LogP contribution is -2.26. The molecule has 4 heteroatoms. The van der Waals surface area contributed by atoms with Gasteiger partial charge < -0.3 is 4.74 Å². The molecule has 0 aromatic carbocycles. The molecule has 0 heterocycles. The lowest BCUT2D eigenvalue weighted by molar-refractivity contribution is -0.390. The van der Waals surface area contributed by atoms with Crippen LogP contribution in [0.2, 0.25) is 0 Å². The molecule has 0 N–H and O–H groups in total. The summed E-state index contributed by atoms with van der Waals surface area (Å²) in [7, 11) is 1.60. The Morgan fingerprint density at radius 2 is 1.91 bits per heavy atom. The number of hydrogen-bond donors (Lipinski definition) is 0. The van der Waals surface area contributed by atoms with E-state index >= 15 is 0 Å². The molecule has 0 atom stereocenters. The second-order valence-corrected chi connectivity index (χ2v) is 2.00. The topological polar surface area (TPSA) is 30.9 Å². The van der Waals surface area contributed by atoms with E-state index in [9.17, 15) is 0 Å². The Labute approximate surface area is 67.9 Å². The van der Waals surface area contributed by atoms with E-state index < -0.39 is 0 Å². The molecule has 0 rings (SSSR count). The molecule has 0 aliphatic carbocycles. The van der Waals surface area contributed by atoms with Crippen molar-refractivity contribution in [1.29, 1.82) is 0 Å². The third kappa shape index (κ3) is 6.25. The van der Waals surface area contributed by atoms with Crippen molar-refractivity contribution in [1.82, 2.24) is 5.23 Å². The van der Waals surface area contributed by atoms with E-state index in [-0.39, 0.29) is 0 Å². The van der Waals surface area contributed by atoms with Gasteiger partial charge >= 0.3 is 0 Å². The molecule has 0 aromatic rings. The van der Waals surface area contributed by atoms with Gasteiger partial charge in [-0.3, -0.25) is 9.68 Å². The van der Waals surface area contributed by atoms with Gasteiger partial charge in [0.1, 0.15) is 6.73 Å². The molecule has 0 bridgehead atoms. The van der Waals surface area contributed by atoms with Crippen molar-refractivity contribution in [2.45, 2.75) is 20.3 Å². The van der Waals surface area contributed by atoms with E-state index in [4.69, 9.17) is 14.4 Å². The predicted octanol–water partition coefficient (Wildman–Crippen LogP) is 1.19. The summed E-state index contributed by atoms with van der Waals surface area (Å²) in [5, 5.41) is 1.35. The van der Waals surface area contributed by atoms with Crippen LogP contribution in [0, 0.1) is 0 Å². The van der Waals surface area contributed by atoms with E-state index in [2.05, 4.69) is 0 Å². The van der Waals surface area contributed by atoms with Crippen molar-refractivity contribution < 1.29 is 14.4 Å². The summed E-state index contributed by atoms with van der Waals surface area (Å²) in [5.74, 6) is 0. The Bertz CT molecular complexity index is 74.1. The number of ether oxygens (including phenoxy) is 1. The lowest BCUT2D eigenvalue weighted by Gasteiger charge is -2.18. The minimum Gasteiger partial charge on any atom is -0.364 e. The summed E-state index contributed by atoms with van der Waals surface area (Å²) in [6.45, 7) is 5.53. The first-order valence-electron chi connectivity index (χ1n) is 3.87. The van der Waals surface area contributed by atoms with Gasteiger partial charge in [-0.05, 0) is 18.6 Å². The van der Waals surface area contributed by atoms with E-state index in [1.54, 1.807) is 7.11 Å². The highest BCUT2D eigenvalue weighted by Crippen LogP contribution is 1.93. The van der Waals surface area contributed by atoms with Crippen molar-refractivity contribution >= 4 is 0 Å². The van der Waals surface area contributed by atoms with Crippen LogP contribution < -0.4 is 0 Å². The molecule has 68 valence electrons. The minimum atomic E-state index is 0.341. The molecule has 0 spiro atoms. The fourth-order valence-corrected chi connectivity index (χ4v) is 0.554. The van der Waals surface area contributed by atoms with Gasteiger partial charge in [0.15, 0.2) is 0 Å². The van der Waals surface area contributed by atoms with Gasteiger partial charge in [0.05, 0.1) is 13.2 Å². The monoisotopic (exact) mass is 163 g/mol. The van der Waals surface area contributed by atoms with Crippen LogP contribution in [0.1, 0.15) is 20.3 Å². The Balaban J connectivity index is 3.34. The fourth-order valence-electron chi connectivity index (χ4n) is 0.554. The average molecular weight is 163 g/mol. The molecular weight excluding hydrogens is 146 g/mol. The van der Waals surface area contributed by atoms with Crippen LogP contribution in [0.5, 0.6) is 0 Å². The molecule has 0 saturated carbocycles. The van der Waals surface area contributed by atoms with Crippen LogP contribution in [-0.4, -0.2) is 32.3 Å². The standard InChI is InChI=1S/C7H17NO3/c1-4-6-11-8(7-9-3)10-5-2/h4-7H2,1-3H3. The van der Waals surface area contributed by atoms with Gasteiger partial charge in [0.2, 0.25) is 0 Å². The zero-order valence-corrected chi connectivity index (χ0v) is 7.50. The Hall–Kier alpha value is -0.160. The van der Waals surface area contributed by atoms with E-state index in [1.807, 2.05) is 13.8 Å². The average Bonchev–Trinajstić information content (AvgIpc) is 2.01. The van der Waals surface area contributed by atoms with Crippen molar-refractivity contribution in [3.8, 4) is 0 Å². The van der Waals surface area contributed by atoms with Gasteiger partial charge in [-0.1, -0.05) is 6.92 Å². The third-order valence-corrected chi connectivity index (χ3v) is 0.947. The summed E-state index contributed by atoms with van der Waals surface area (Å²) < 4.78 is 4.83. The molecule has 0 saturated heterocycles. The van der Waals surface area contributed by atoms with Crippen LogP contribution in [0.3, 0.4) is 0 Å². The van der Waals surface area contributed by atoms with Gasteiger partial charge in [-0.15, -0.1) is 0 Å². The summed E-state index contributed by atoms with van der Waals surface area (Å²) in [5.41, 5.74) is 0. The molecule has 0 aromatic heterocycles. The number of hydroxylamine groups is 2. The van der Waals surface area contributed by atoms with E-state index in [1.165, 1.54) is 5.23 Å². The maximum atomic E-state index is 5.16. The molecule has 0 aliphatic heterocycles. The first kappa shape index (κ1) is 10.8. The molecule has 0 radical (unpaired) electrons. The maximum absolute atomic E-state index is 5.16. The van der Waals surface area contributed by atoms with Crippen LogP contribution in [0.15, 0.2) is 0 Å². The summed E-state index contributed by atoms with van der Waals surface area (Å²) in [6.07, 6.45) is 0.966. The molecule has 0 amide bonds. The smallest absolute Gasteiger partial charge is 0.149 e. The second kappa shape index (κ2) is 7.94. The zero-order valence-electron chi connectivity index (χ0n) is 7.50. The highest BCUT2D eigenvalue weighted by molar-refractivity contribution is 4.19.